The molecule has 2 heterocycles. The molecule has 0 aliphatic heterocycles. The van der Waals surface area contributed by atoms with E-state index in [1.807, 2.05) is 14.7 Å². The van der Waals surface area contributed by atoms with Gasteiger partial charge in [0, 0.05) is 0 Å². The predicted octanol–water partition coefficient (Wildman–Crippen LogP) is 7.97. The molecule has 0 amide bonds. The number of aromatic nitrogens is 2. The summed E-state index contributed by atoms with van der Waals surface area (Å²) >= 11 is 1.37. The maximum atomic E-state index is 6.22. The number of hydrogen-bond donors (Lipinski definition) is 0. The van der Waals surface area contributed by atoms with Crippen LogP contribution in [0.15, 0.2) is 5.03 Å². The van der Waals surface area contributed by atoms with Gasteiger partial charge in [-0.25, -0.2) is 0 Å². The van der Waals surface area contributed by atoms with Gasteiger partial charge in [-0.05, 0) is 0 Å². The van der Waals surface area contributed by atoms with Crippen molar-refractivity contribution in [3.05, 3.63) is 11.5 Å². The molecule has 0 spiro atoms. The van der Waals surface area contributed by atoms with Crippen LogP contribution in [0.3, 0.4) is 0 Å². The summed E-state index contributed by atoms with van der Waals surface area (Å²) in [7, 11) is -1.09. The summed E-state index contributed by atoms with van der Waals surface area (Å²) < 4.78 is 15.2. The van der Waals surface area contributed by atoms with Crippen molar-refractivity contribution in [3.63, 3.8) is 0 Å². The quantitative estimate of drug-likeness (QED) is 0.162. The van der Waals surface area contributed by atoms with Crippen LogP contribution in [-0.4, -0.2) is 43.1 Å². The Kier molecular flexibility index (Phi) is 11.7. The first-order valence-corrected chi connectivity index (χ1v) is 25.2. The summed E-state index contributed by atoms with van der Waals surface area (Å²) in [5.41, 5.74) is 1.70. The molecule has 0 saturated carbocycles. The number of thioether (sulfide) groups is 1. The Labute approximate surface area is 212 Å². The van der Waals surface area contributed by atoms with Crippen molar-refractivity contribution in [1.29, 1.82) is 0 Å². The van der Waals surface area contributed by atoms with E-state index < -0.39 is 27.4 Å². The molecule has 0 unspecified atom stereocenters. The Morgan fingerprint density at radius 1 is 1.00 bits per heavy atom. The molecule has 2 aromatic rings. The standard InChI is InChI=1S/C13H21N2OS2Si.3C4H9.Sn/c1-13(2,3)9-8-18-12-11(17-4)14-10(15(9)12)7-16-19(5)6;3*1-3-4-2;/h19H,7H2,1-6H3;3*1,3-4H2,2H3;. The topological polar surface area (TPSA) is 26.5 Å². The van der Waals surface area contributed by atoms with Crippen LogP contribution >= 0.6 is 23.1 Å². The monoisotopic (exact) mass is 604 g/mol. The van der Waals surface area contributed by atoms with E-state index in [9.17, 15) is 0 Å². The van der Waals surface area contributed by atoms with Crippen LogP contribution in [0.1, 0.15) is 91.6 Å². The van der Waals surface area contributed by atoms with E-state index in [4.69, 9.17) is 9.41 Å². The molecular weight excluding hydrogens is 555 g/mol. The van der Waals surface area contributed by atoms with Gasteiger partial charge in [-0.1, -0.05) is 0 Å². The second-order valence-electron chi connectivity index (χ2n) is 10.7. The summed E-state index contributed by atoms with van der Waals surface area (Å²) in [5, 5.41) is 1.21. The van der Waals surface area contributed by atoms with Gasteiger partial charge in [-0.15, -0.1) is 0 Å². The third-order valence-electron chi connectivity index (χ3n) is 6.47. The molecule has 184 valence electrons. The van der Waals surface area contributed by atoms with Crippen LogP contribution in [0.5, 0.6) is 0 Å². The van der Waals surface area contributed by atoms with Crippen LogP contribution in [0.2, 0.25) is 26.4 Å². The molecule has 32 heavy (non-hydrogen) atoms. The molecule has 2 rings (SSSR count). The number of thiazole rings is 1. The maximum absolute atomic E-state index is 6.22. The first-order valence-electron chi connectivity index (χ1n) is 12.9. The summed E-state index contributed by atoms with van der Waals surface area (Å²) in [6.45, 7) is 19.6. The SMILES string of the molecule is CCC[CH2][Sn]([CH2]CCC)([CH2]CCC)[c]1sc2c(SC)nc(CO[SiH](C)C)n2c1C(C)(C)C. The van der Waals surface area contributed by atoms with E-state index in [-0.39, 0.29) is 5.41 Å². The number of fused-ring (bicyclic) bond motifs is 1. The van der Waals surface area contributed by atoms with Crippen molar-refractivity contribution in [2.24, 2.45) is 0 Å². The van der Waals surface area contributed by atoms with Crippen molar-refractivity contribution < 1.29 is 4.43 Å². The zero-order chi connectivity index (χ0) is 23.9. The van der Waals surface area contributed by atoms with E-state index in [0.29, 0.717) is 6.61 Å². The van der Waals surface area contributed by atoms with Crippen LogP contribution in [0.4, 0.5) is 0 Å². The van der Waals surface area contributed by atoms with Gasteiger partial charge in [0.25, 0.3) is 0 Å². The molecule has 0 aromatic carbocycles. The molecule has 0 saturated heterocycles. The molecule has 0 radical (unpaired) electrons. The second kappa shape index (κ2) is 13.0. The van der Waals surface area contributed by atoms with Crippen molar-refractivity contribution >= 4 is 58.2 Å². The van der Waals surface area contributed by atoms with Gasteiger partial charge in [0.1, 0.15) is 0 Å². The Morgan fingerprint density at radius 2 is 1.53 bits per heavy atom. The van der Waals surface area contributed by atoms with E-state index in [0.717, 1.165) is 5.82 Å². The Morgan fingerprint density at radius 3 is 1.94 bits per heavy atom. The summed E-state index contributed by atoms with van der Waals surface area (Å²) in [6, 6.07) is 0. The first kappa shape index (κ1) is 28.7. The van der Waals surface area contributed by atoms with Gasteiger partial charge in [0.05, 0.1) is 0 Å². The van der Waals surface area contributed by atoms with Crippen LogP contribution < -0.4 is 2.89 Å². The van der Waals surface area contributed by atoms with E-state index in [1.54, 1.807) is 5.69 Å². The van der Waals surface area contributed by atoms with Gasteiger partial charge in [0.15, 0.2) is 0 Å². The Bertz CT molecular complexity index is 819. The normalized spacial score (nSPS) is 13.1. The van der Waals surface area contributed by atoms with Gasteiger partial charge in [-0.2, -0.15) is 0 Å². The number of hydrogen-bond acceptors (Lipinski definition) is 4. The van der Waals surface area contributed by atoms with Gasteiger partial charge < -0.3 is 0 Å². The van der Waals surface area contributed by atoms with Crippen molar-refractivity contribution in [3.8, 4) is 0 Å². The molecule has 0 bridgehead atoms. The fourth-order valence-corrected chi connectivity index (χ4v) is 27.9. The van der Waals surface area contributed by atoms with Crippen molar-refractivity contribution in [1.82, 2.24) is 9.38 Å². The third kappa shape index (κ3) is 6.79. The van der Waals surface area contributed by atoms with Crippen molar-refractivity contribution in [2.75, 3.05) is 6.26 Å². The second-order valence-corrected chi connectivity index (χ2v) is 28.9. The summed E-state index contributed by atoms with van der Waals surface area (Å²) in [6.07, 6.45) is 10.4. The molecule has 3 nitrogen and oxygen atoms in total. The Balaban J connectivity index is 2.81. The molecule has 7 heteroatoms. The van der Waals surface area contributed by atoms with Crippen molar-refractivity contribution in [2.45, 2.75) is 124 Å². The number of rotatable bonds is 14. The van der Waals surface area contributed by atoms with Crippen LogP contribution in [-0.2, 0) is 16.4 Å². The fourth-order valence-electron chi connectivity index (χ4n) is 4.76. The zero-order valence-electron chi connectivity index (χ0n) is 22.3. The predicted molar refractivity (Wildman–Crippen MR) is 152 cm³/mol. The van der Waals surface area contributed by atoms with E-state index >= 15 is 0 Å². The Hall–Kier alpha value is 0.496. The minimum absolute atomic E-state index is 0.112. The molecule has 2 aromatic heterocycles. The molecule has 0 N–H and O–H groups in total. The number of nitrogens with zero attached hydrogens (tertiary/aromatic N) is 2. The van der Waals surface area contributed by atoms with Gasteiger partial charge in [0.2, 0.25) is 0 Å². The van der Waals surface area contributed by atoms with Gasteiger partial charge >= 0.3 is 213 Å². The summed E-state index contributed by atoms with van der Waals surface area (Å²) in [4.78, 5) is 6.48. The molecule has 0 atom stereocenters. The fraction of sp³-hybridized carbons (Fsp3) is 0.800. The van der Waals surface area contributed by atoms with Crippen LogP contribution in [0.25, 0.3) is 4.83 Å². The van der Waals surface area contributed by atoms with Gasteiger partial charge in [-0.3, -0.25) is 0 Å². The minimum atomic E-state index is -2.58. The van der Waals surface area contributed by atoms with E-state index in [1.165, 1.54) is 61.7 Å². The summed E-state index contributed by atoms with van der Waals surface area (Å²) in [5.74, 6) is 1.14. The third-order valence-corrected chi connectivity index (χ3v) is 27.5. The molecule has 0 aliphatic carbocycles. The average Bonchev–Trinajstić information content (AvgIpc) is 3.29. The molecular formula is C25H48N2OS2SiSn. The first-order chi connectivity index (χ1) is 15.1. The molecule has 0 fully saturated rings. The average molecular weight is 604 g/mol. The zero-order valence-corrected chi connectivity index (χ0v) is 27.9. The van der Waals surface area contributed by atoms with Crippen LogP contribution in [0, 0.1) is 0 Å². The number of imidazole rings is 1. The number of unbranched alkanes of at least 4 members (excludes halogenated alkanes) is 3. The molecule has 0 aliphatic rings. The van der Waals surface area contributed by atoms with E-state index in [2.05, 4.69) is 76.6 Å².